The third-order valence-electron chi connectivity index (χ3n) is 3.30. The van der Waals surface area contributed by atoms with Gasteiger partial charge in [0.05, 0.1) is 11.7 Å². The van der Waals surface area contributed by atoms with Gasteiger partial charge in [0.2, 0.25) is 0 Å². The number of para-hydroxylation sites is 1. The van der Waals surface area contributed by atoms with Gasteiger partial charge in [-0.2, -0.15) is 10.4 Å². The van der Waals surface area contributed by atoms with Crippen LogP contribution in [0.15, 0.2) is 54.9 Å². The van der Waals surface area contributed by atoms with Crippen LogP contribution in [0.3, 0.4) is 0 Å². The monoisotopic (exact) mass is 290 g/mol. The van der Waals surface area contributed by atoms with Crippen LogP contribution in [0.1, 0.15) is 24.2 Å². The van der Waals surface area contributed by atoms with Crippen LogP contribution in [0, 0.1) is 11.3 Å². The van der Waals surface area contributed by atoms with Crippen molar-refractivity contribution in [3.05, 3.63) is 66.1 Å². The van der Waals surface area contributed by atoms with Gasteiger partial charge >= 0.3 is 0 Å². The lowest BCUT2D eigenvalue weighted by Gasteiger charge is -2.18. The molecule has 108 valence electrons. The molecule has 1 atom stereocenters. The zero-order valence-corrected chi connectivity index (χ0v) is 12.0. The highest BCUT2D eigenvalue weighted by Gasteiger charge is 2.12. The van der Waals surface area contributed by atoms with Gasteiger partial charge in [-0.15, -0.1) is 10.2 Å². The van der Waals surface area contributed by atoms with Crippen LogP contribution in [0.5, 0.6) is 0 Å². The number of rotatable bonds is 4. The van der Waals surface area contributed by atoms with Crippen LogP contribution in [0.2, 0.25) is 0 Å². The maximum atomic E-state index is 8.75. The van der Waals surface area contributed by atoms with E-state index in [4.69, 9.17) is 5.26 Å². The van der Waals surface area contributed by atoms with Crippen LogP contribution >= 0.6 is 0 Å². The van der Waals surface area contributed by atoms with E-state index in [9.17, 15) is 0 Å². The molecule has 0 aliphatic heterocycles. The van der Waals surface area contributed by atoms with Gasteiger partial charge in [-0.3, -0.25) is 0 Å². The zero-order valence-electron chi connectivity index (χ0n) is 12.0. The van der Waals surface area contributed by atoms with Crippen molar-refractivity contribution >= 4 is 5.82 Å². The predicted octanol–water partition coefficient (Wildman–Crippen LogP) is 2.71. The lowest BCUT2D eigenvalue weighted by atomic mass is 10.1. The Balaban J connectivity index is 1.86. The van der Waals surface area contributed by atoms with Crippen LogP contribution in [0.25, 0.3) is 5.69 Å². The van der Waals surface area contributed by atoms with Crippen molar-refractivity contribution in [1.82, 2.24) is 20.0 Å². The minimum Gasteiger partial charge on any atom is -0.362 e. The maximum Gasteiger partial charge on any atom is 0.163 e. The lowest BCUT2D eigenvalue weighted by molar-refractivity contribution is 0.809. The first-order valence-corrected chi connectivity index (χ1v) is 6.87. The van der Waals surface area contributed by atoms with Gasteiger partial charge in [0.15, 0.2) is 5.69 Å². The van der Waals surface area contributed by atoms with Gasteiger partial charge in [0.25, 0.3) is 0 Å². The highest BCUT2D eigenvalue weighted by Crippen LogP contribution is 2.23. The van der Waals surface area contributed by atoms with Gasteiger partial charge in [-0.25, -0.2) is 4.68 Å². The number of hydrogen-bond acceptors (Lipinski definition) is 5. The van der Waals surface area contributed by atoms with Crippen molar-refractivity contribution in [2.45, 2.75) is 13.0 Å². The molecule has 0 aliphatic rings. The molecule has 1 unspecified atom stereocenters. The van der Waals surface area contributed by atoms with Gasteiger partial charge in [-0.05, 0) is 36.8 Å². The van der Waals surface area contributed by atoms with E-state index in [2.05, 4.69) is 20.6 Å². The Morgan fingerprint density at radius 1 is 1.14 bits per heavy atom. The summed E-state index contributed by atoms with van der Waals surface area (Å²) in [6.45, 7) is 2.04. The lowest BCUT2D eigenvalue weighted by Crippen LogP contribution is -2.12. The summed E-state index contributed by atoms with van der Waals surface area (Å²) in [7, 11) is 0. The first kappa shape index (κ1) is 13.8. The van der Waals surface area contributed by atoms with E-state index in [1.54, 1.807) is 18.3 Å². The third kappa shape index (κ3) is 2.79. The summed E-state index contributed by atoms with van der Waals surface area (Å²) >= 11 is 0. The van der Waals surface area contributed by atoms with Crippen molar-refractivity contribution in [3.8, 4) is 11.8 Å². The second kappa shape index (κ2) is 6.06. The molecule has 0 fully saturated rings. The Hall–Kier alpha value is -3.20. The van der Waals surface area contributed by atoms with E-state index in [0.717, 1.165) is 11.3 Å². The zero-order chi connectivity index (χ0) is 15.4. The average molecular weight is 290 g/mol. The molecular weight excluding hydrogens is 276 g/mol. The van der Waals surface area contributed by atoms with Crippen molar-refractivity contribution in [2.75, 3.05) is 5.32 Å². The molecular formula is C16H14N6. The van der Waals surface area contributed by atoms with E-state index in [0.29, 0.717) is 11.5 Å². The smallest absolute Gasteiger partial charge is 0.163 e. The Bertz CT molecular complexity index is 786. The minimum atomic E-state index is 0.0163. The second-order valence-corrected chi connectivity index (χ2v) is 4.79. The second-order valence-electron chi connectivity index (χ2n) is 4.79. The van der Waals surface area contributed by atoms with Crippen LogP contribution in [-0.4, -0.2) is 20.0 Å². The van der Waals surface area contributed by atoms with Gasteiger partial charge in [-0.1, -0.05) is 18.2 Å². The molecule has 1 aromatic carbocycles. The molecule has 0 aliphatic carbocycles. The van der Waals surface area contributed by atoms with Crippen molar-refractivity contribution in [2.24, 2.45) is 0 Å². The molecule has 0 saturated heterocycles. The summed E-state index contributed by atoms with van der Waals surface area (Å²) in [5.41, 5.74) is 2.40. The molecule has 2 aromatic heterocycles. The highest BCUT2D eigenvalue weighted by molar-refractivity contribution is 5.46. The van der Waals surface area contributed by atoms with Crippen molar-refractivity contribution < 1.29 is 0 Å². The quantitative estimate of drug-likeness (QED) is 0.799. The molecule has 2 heterocycles. The Morgan fingerprint density at radius 2 is 2.00 bits per heavy atom. The summed E-state index contributed by atoms with van der Waals surface area (Å²) in [5, 5.41) is 24.1. The Kier molecular flexibility index (Phi) is 3.79. The van der Waals surface area contributed by atoms with Crippen LogP contribution in [0.4, 0.5) is 5.82 Å². The predicted molar refractivity (Wildman–Crippen MR) is 82.3 cm³/mol. The van der Waals surface area contributed by atoms with E-state index >= 15 is 0 Å². The fourth-order valence-corrected chi connectivity index (χ4v) is 2.24. The number of hydrogen-bond donors (Lipinski definition) is 1. The van der Waals surface area contributed by atoms with E-state index in [1.165, 1.54) is 0 Å². The van der Waals surface area contributed by atoms with Crippen LogP contribution in [-0.2, 0) is 0 Å². The molecule has 3 rings (SSSR count). The molecule has 1 N–H and O–H groups in total. The number of aromatic nitrogens is 4. The van der Waals surface area contributed by atoms with Crippen LogP contribution < -0.4 is 5.32 Å². The first-order valence-electron chi connectivity index (χ1n) is 6.87. The summed E-state index contributed by atoms with van der Waals surface area (Å²) in [6, 6.07) is 15.3. The molecule has 6 nitrogen and oxygen atoms in total. The molecule has 0 spiro atoms. The topological polar surface area (TPSA) is 79.4 Å². The maximum absolute atomic E-state index is 8.75. The van der Waals surface area contributed by atoms with E-state index in [-0.39, 0.29) is 6.04 Å². The minimum absolute atomic E-state index is 0.0163. The molecule has 0 saturated carbocycles. The summed E-state index contributed by atoms with van der Waals surface area (Å²) in [6.07, 6.45) is 3.66. The number of nitrogens with zero attached hydrogens (tertiary/aromatic N) is 5. The normalized spacial score (nSPS) is 11.6. The molecule has 0 bridgehead atoms. The summed E-state index contributed by atoms with van der Waals surface area (Å²) in [4.78, 5) is 0. The van der Waals surface area contributed by atoms with Crippen molar-refractivity contribution in [3.63, 3.8) is 0 Å². The number of benzene rings is 1. The fourth-order valence-electron chi connectivity index (χ4n) is 2.24. The van der Waals surface area contributed by atoms with Gasteiger partial charge < -0.3 is 5.32 Å². The molecule has 0 radical (unpaired) electrons. The van der Waals surface area contributed by atoms with E-state index in [1.807, 2.05) is 54.2 Å². The van der Waals surface area contributed by atoms with Gasteiger partial charge in [0.1, 0.15) is 11.9 Å². The molecule has 0 amide bonds. The molecule has 3 aromatic rings. The average Bonchev–Trinajstić information content (AvgIpc) is 3.10. The standard InChI is InChI=1S/C16H14N6/c1-12(19-16-8-7-13(11-17)20-21-16)14-5-2-3-6-15(14)22-10-4-9-18-22/h2-10,12H,1H3,(H,19,21). The largest absolute Gasteiger partial charge is 0.362 e. The van der Waals surface area contributed by atoms with Crippen molar-refractivity contribution in [1.29, 1.82) is 5.26 Å². The molecule has 22 heavy (non-hydrogen) atoms. The highest BCUT2D eigenvalue weighted by atomic mass is 15.3. The molecule has 6 heteroatoms. The fraction of sp³-hybridized carbons (Fsp3) is 0.125. The Labute approximate surface area is 128 Å². The SMILES string of the molecule is CC(Nc1ccc(C#N)nn1)c1ccccc1-n1cccn1. The number of nitrogens with one attached hydrogen (secondary N) is 1. The van der Waals surface area contributed by atoms with E-state index < -0.39 is 0 Å². The number of anilines is 1. The first-order chi connectivity index (χ1) is 10.8. The number of nitriles is 1. The summed E-state index contributed by atoms with van der Waals surface area (Å²) < 4.78 is 1.83. The third-order valence-corrected chi connectivity index (χ3v) is 3.30. The Morgan fingerprint density at radius 3 is 2.68 bits per heavy atom. The van der Waals surface area contributed by atoms with Gasteiger partial charge in [0, 0.05) is 12.4 Å². The summed E-state index contributed by atoms with van der Waals surface area (Å²) in [5.74, 6) is 0.627.